The molecule has 100 valence electrons. The molecule has 2 atom stereocenters. The number of nitrogens with zero attached hydrogens (tertiary/aromatic N) is 1. The third-order valence-corrected chi connectivity index (χ3v) is 4.34. The highest BCUT2D eigenvalue weighted by Crippen LogP contribution is 2.27. The predicted octanol–water partition coefficient (Wildman–Crippen LogP) is 3.31. The predicted molar refractivity (Wildman–Crippen MR) is 73.1 cm³/mol. The summed E-state index contributed by atoms with van der Waals surface area (Å²) in [7, 11) is 1.38. The summed E-state index contributed by atoms with van der Waals surface area (Å²) in [4.78, 5) is 15.6. The number of hydrogen-bond donors (Lipinski definition) is 1. The standard InChI is InChI=1S/C13H20N2O2S/c1-9-6-4-3-5-7-10(9)14-13-15-11(8-18-13)12(16)17-2/h8-10H,3-7H2,1-2H3,(H,14,15). The Bertz CT molecular complexity index is 405. The fourth-order valence-electron chi connectivity index (χ4n) is 2.40. The Hall–Kier alpha value is -1.10. The first-order valence-corrected chi connectivity index (χ1v) is 7.39. The van der Waals surface area contributed by atoms with Crippen LogP contribution in [-0.2, 0) is 4.74 Å². The van der Waals surface area contributed by atoms with Gasteiger partial charge in [0.1, 0.15) is 0 Å². The van der Waals surface area contributed by atoms with Crippen LogP contribution < -0.4 is 5.32 Å². The van der Waals surface area contributed by atoms with Crippen LogP contribution in [0.5, 0.6) is 0 Å². The van der Waals surface area contributed by atoms with Gasteiger partial charge < -0.3 is 10.1 Å². The van der Waals surface area contributed by atoms with E-state index in [1.54, 1.807) is 5.38 Å². The number of rotatable bonds is 3. The van der Waals surface area contributed by atoms with Gasteiger partial charge in [-0.2, -0.15) is 0 Å². The summed E-state index contributed by atoms with van der Waals surface area (Å²) in [5, 5.41) is 6.04. The highest BCUT2D eigenvalue weighted by atomic mass is 32.1. The van der Waals surface area contributed by atoms with E-state index in [0.29, 0.717) is 17.7 Å². The zero-order valence-electron chi connectivity index (χ0n) is 10.9. The van der Waals surface area contributed by atoms with Crippen molar-refractivity contribution in [2.75, 3.05) is 12.4 Å². The molecule has 0 radical (unpaired) electrons. The lowest BCUT2D eigenvalue weighted by Crippen LogP contribution is -2.26. The normalized spacial score (nSPS) is 24.3. The summed E-state index contributed by atoms with van der Waals surface area (Å²) < 4.78 is 4.66. The lowest BCUT2D eigenvalue weighted by Gasteiger charge is -2.22. The number of aromatic nitrogens is 1. The molecule has 1 N–H and O–H groups in total. The molecule has 1 fully saturated rings. The van der Waals surface area contributed by atoms with Crippen LogP contribution in [0.4, 0.5) is 5.13 Å². The van der Waals surface area contributed by atoms with Gasteiger partial charge in [0.05, 0.1) is 7.11 Å². The average molecular weight is 268 g/mol. The van der Waals surface area contributed by atoms with Gasteiger partial charge in [-0.15, -0.1) is 11.3 Å². The van der Waals surface area contributed by atoms with Gasteiger partial charge in [0.15, 0.2) is 10.8 Å². The minimum atomic E-state index is -0.367. The van der Waals surface area contributed by atoms with E-state index in [9.17, 15) is 4.79 Å². The molecule has 1 aromatic rings. The van der Waals surface area contributed by atoms with Gasteiger partial charge in [-0.1, -0.05) is 26.2 Å². The molecular formula is C13H20N2O2S. The molecule has 1 aliphatic rings. The van der Waals surface area contributed by atoms with Crippen LogP contribution in [0.15, 0.2) is 5.38 Å². The smallest absolute Gasteiger partial charge is 0.357 e. The maximum Gasteiger partial charge on any atom is 0.357 e. The van der Waals surface area contributed by atoms with Crippen molar-refractivity contribution < 1.29 is 9.53 Å². The van der Waals surface area contributed by atoms with Gasteiger partial charge in [-0.25, -0.2) is 9.78 Å². The van der Waals surface area contributed by atoms with E-state index >= 15 is 0 Å². The molecule has 1 saturated carbocycles. The van der Waals surface area contributed by atoms with E-state index in [1.165, 1.54) is 50.6 Å². The quantitative estimate of drug-likeness (QED) is 0.675. The van der Waals surface area contributed by atoms with Crippen molar-refractivity contribution >= 4 is 22.4 Å². The first-order chi connectivity index (χ1) is 8.70. The largest absolute Gasteiger partial charge is 0.464 e. The molecule has 2 rings (SSSR count). The molecule has 0 amide bonds. The van der Waals surface area contributed by atoms with Crippen molar-refractivity contribution in [2.45, 2.75) is 45.1 Å². The van der Waals surface area contributed by atoms with Crippen LogP contribution in [0.1, 0.15) is 49.5 Å². The molecular weight excluding hydrogens is 248 g/mol. The third kappa shape index (κ3) is 3.22. The monoisotopic (exact) mass is 268 g/mol. The minimum Gasteiger partial charge on any atom is -0.464 e. The summed E-state index contributed by atoms with van der Waals surface area (Å²) in [5.41, 5.74) is 0.395. The Morgan fingerprint density at radius 3 is 3.00 bits per heavy atom. The molecule has 18 heavy (non-hydrogen) atoms. The number of nitrogens with one attached hydrogen (secondary N) is 1. The van der Waals surface area contributed by atoms with Gasteiger partial charge >= 0.3 is 5.97 Å². The molecule has 0 spiro atoms. The Labute approximate surface area is 112 Å². The number of methoxy groups -OCH3 is 1. The number of carbonyl (C=O) groups excluding carboxylic acids is 1. The van der Waals surface area contributed by atoms with Crippen molar-refractivity contribution in [1.29, 1.82) is 0 Å². The van der Waals surface area contributed by atoms with E-state index < -0.39 is 0 Å². The molecule has 4 nitrogen and oxygen atoms in total. The summed E-state index contributed by atoms with van der Waals surface area (Å²) in [6.07, 6.45) is 6.39. The summed E-state index contributed by atoms with van der Waals surface area (Å²) in [6, 6.07) is 0.476. The number of esters is 1. The molecule has 0 saturated heterocycles. The van der Waals surface area contributed by atoms with E-state index in [1.807, 2.05) is 0 Å². The summed E-state index contributed by atoms with van der Waals surface area (Å²) in [6.45, 7) is 2.29. The fraction of sp³-hybridized carbons (Fsp3) is 0.692. The van der Waals surface area contributed by atoms with Gasteiger partial charge in [-0.05, 0) is 18.8 Å². The number of anilines is 1. The molecule has 0 aliphatic heterocycles. The first-order valence-electron chi connectivity index (χ1n) is 6.51. The number of carbonyl (C=O) groups is 1. The topological polar surface area (TPSA) is 51.2 Å². The highest BCUT2D eigenvalue weighted by molar-refractivity contribution is 7.13. The number of hydrogen-bond acceptors (Lipinski definition) is 5. The van der Waals surface area contributed by atoms with Crippen molar-refractivity contribution in [2.24, 2.45) is 5.92 Å². The SMILES string of the molecule is COC(=O)c1csc(NC2CCCCCC2C)n1. The molecule has 1 heterocycles. The highest BCUT2D eigenvalue weighted by Gasteiger charge is 2.21. The summed E-state index contributed by atoms with van der Waals surface area (Å²) >= 11 is 1.47. The molecule has 0 aromatic carbocycles. The van der Waals surface area contributed by atoms with Crippen LogP contribution >= 0.6 is 11.3 Å². The number of ether oxygens (including phenoxy) is 1. The van der Waals surface area contributed by atoms with Gasteiger partial charge in [0, 0.05) is 11.4 Å². The average Bonchev–Trinajstić information content (AvgIpc) is 2.75. The van der Waals surface area contributed by atoms with Gasteiger partial charge in [0.2, 0.25) is 0 Å². The van der Waals surface area contributed by atoms with E-state index in [-0.39, 0.29) is 5.97 Å². The zero-order valence-corrected chi connectivity index (χ0v) is 11.8. The first kappa shape index (κ1) is 13.3. The Morgan fingerprint density at radius 2 is 2.22 bits per heavy atom. The van der Waals surface area contributed by atoms with E-state index in [0.717, 1.165) is 5.13 Å². The van der Waals surface area contributed by atoms with Crippen molar-refractivity contribution in [1.82, 2.24) is 4.98 Å². The van der Waals surface area contributed by atoms with E-state index in [4.69, 9.17) is 0 Å². The summed E-state index contributed by atoms with van der Waals surface area (Å²) in [5.74, 6) is 0.297. The van der Waals surface area contributed by atoms with Gasteiger partial charge in [-0.3, -0.25) is 0 Å². The minimum absolute atomic E-state index is 0.367. The maximum absolute atomic E-state index is 11.3. The number of thiazole rings is 1. The Kier molecular flexibility index (Phi) is 4.58. The lowest BCUT2D eigenvalue weighted by atomic mass is 9.97. The zero-order chi connectivity index (χ0) is 13.0. The van der Waals surface area contributed by atoms with Crippen LogP contribution in [0.3, 0.4) is 0 Å². The second-order valence-electron chi connectivity index (χ2n) is 4.90. The van der Waals surface area contributed by atoms with Crippen LogP contribution in [-0.4, -0.2) is 24.1 Å². The third-order valence-electron chi connectivity index (χ3n) is 3.57. The molecule has 1 aliphatic carbocycles. The maximum atomic E-state index is 11.3. The van der Waals surface area contributed by atoms with Crippen molar-refractivity contribution in [3.05, 3.63) is 11.1 Å². The van der Waals surface area contributed by atoms with E-state index in [2.05, 4.69) is 22.0 Å². The molecule has 1 aromatic heterocycles. The van der Waals surface area contributed by atoms with Crippen molar-refractivity contribution in [3.8, 4) is 0 Å². The van der Waals surface area contributed by atoms with Crippen LogP contribution in [0.25, 0.3) is 0 Å². The van der Waals surface area contributed by atoms with Crippen LogP contribution in [0, 0.1) is 5.92 Å². The van der Waals surface area contributed by atoms with Crippen molar-refractivity contribution in [3.63, 3.8) is 0 Å². The molecule has 2 unspecified atom stereocenters. The fourth-order valence-corrected chi connectivity index (χ4v) is 3.15. The lowest BCUT2D eigenvalue weighted by molar-refractivity contribution is 0.0595. The second-order valence-corrected chi connectivity index (χ2v) is 5.75. The second kappa shape index (κ2) is 6.18. The van der Waals surface area contributed by atoms with Gasteiger partial charge in [0.25, 0.3) is 0 Å². The Morgan fingerprint density at radius 1 is 1.44 bits per heavy atom. The van der Waals surface area contributed by atoms with Crippen LogP contribution in [0.2, 0.25) is 0 Å². The molecule has 5 heteroatoms. The molecule has 0 bridgehead atoms. The Balaban J connectivity index is 1.99.